The number of anilines is 2. The predicted molar refractivity (Wildman–Crippen MR) is 110 cm³/mol. The van der Waals surface area contributed by atoms with Crippen LogP contribution in [-0.4, -0.2) is 27.1 Å². The summed E-state index contributed by atoms with van der Waals surface area (Å²) in [5, 5.41) is 2.63. The first kappa shape index (κ1) is 20.3. The van der Waals surface area contributed by atoms with Gasteiger partial charge in [0.2, 0.25) is 15.9 Å². The van der Waals surface area contributed by atoms with Crippen molar-refractivity contribution in [3.63, 3.8) is 0 Å². The number of sulfonamides is 1. The number of rotatable bonds is 7. The number of hydrogen-bond donors (Lipinski definition) is 1. The zero-order chi connectivity index (χ0) is 20.9. The van der Waals surface area contributed by atoms with Crippen LogP contribution >= 0.6 is 0 Å². The Morgan fingerprint density at radius 3 is 2.24 bits per heavy atom. The molecule has 150 valence electrons. The lowest BCUT2D eigenvalue weighted by Crippen LogP contribution is -2.37. The average molecular weight is 414 g/mol. The second-order valence-electron chi connectivity index (χ2n) is 6.24. The molecule has 0 fully saturated rings. The van der Waals surface area contributed by atoms with Crippen molar-refractivity contribution < 1.29 is 22.3 Å². The summed E-state index contributed by atoms with van der Waals surface area (Å²) in [6.07, 6.45) is 0.959. The quantitative estimate of drug-likeness (QED) is 0.634. The molecule has 1 N–H and O–H groups in total. The molecule has 0 heterocycles. The third-order valence-electron chi connectivity index (χ3n) is 3.90. The van der Waals surface area contributed by atoms with Crippen LogP contribution in [0.15, 0.2) is 78.9 Å². The molecule has 0 saturated carbocycles. The van der Waals surface area contributed by atoms with E-state index in [1.54, 1.807) is 24.3 Å². The third kappa shape index (κ3) is 5.79. The van der Waals surface area contributed by atoms with Crippen molar-refractivity contribution in [3.05, 3.63) is 84.7 Å². The molecule has 3 aromatic carbocycles. The van der Waals surface area contributed by atoms with Crippen molar-refractivity contribution in [1.29, 1.82) is 0 Å². The van der Waals surface area contributed by atoms with Crippen molar-refractivity contribution in [1.82, 2.24) is 0 Å². The van der Waals surface area contributed by atoms with E-state index in [1.807, 2.05) is 30.3 Å². The van der Waals surface area contributed by atoms with E-state index in [-0.39, 0.29) is 5.69 Å². The number of nitrogens with one attached hydrogen (secondary N) is 1. The second-order valence-corrected chi connectivity index (χ2v) is 8.14. The molecule has 0 radical (unpaired) electrons. The number of nitrogens with zero attached hydrogens (tertiary/aromatic N) is 1. The van der Waals surface area contributed by atoms with Gasteiger partial charge in [-0.05, 0) is 54.6 Å². The number of amides is 1. The van der Waals surface area contributed by atoms with Gasteiger partial charge in [0.1, 0.15) is 23.9 Å². The number of halogens is 1. The van der Waals surface area contributed by atoms with Gasteiger partial charge < -0.3 is 10.1 Å². The molecule has 0 atom stereocenters. The van der Waals surface area contributed by atoms with Gasteiger partial charge in [-0.3, -0.25) is 9.10 Å². The zero-order valence-electron chi connectivity index (χ0n) is 15.6. The van der Waals surface area contributed by atoms with Crippen LogP contribution < -0.4 is 14.4 Å². The normalized spacial score (nSPS) is 11.0. The van der Waals surface area contributed by atoms with E-state index in [1.165, 1.54) is 18.2 Å². The first-order chi connectivity index (χ1) is 13.8. The molecule has 0 spiro atoms. The van der Waals surface area contributed by atoms with Crippen LogP contribution in [-0.2, 0) is 14.8 Å². The number of para-hydroxylation sites is 1. The maximum atomic E-state index is 13.5. The minimum Gasteiger partial charge on any atom is -0.457 e. The van der Waals surface area contributed by atoms with Gasteiger partial charge in [0, 0.05) is 5.69 Å². The lowest BCUT2D eigenvalue weighted by Gasteiger charge is -2.22. The van der Waals surface area contributed by atoms with Crippen molar-refractivity contribution in [3.8, 4) is 11.5 Å². The smallest absolute Gasteiger partial charge is 0.245 e. The third-order valence-corrected chi connectivity index (χ3v) is 5.04. The molecule has 6 nitrogen and oxygen atoms in total. The van der Waals surface area contributed by atoms with Crippen LogP contribution in [0.1, 0.15) is 0 Å². The number of carbonyl (C=O) groups is 1. The zero-order valence-corrected chi connectivity index (χ0v) is 16.4. The van der Waals surface area contributed by atoms with Crippen LogP contribution in [0.2, 0.25) is 0 Å². The van der Waals surface area contributed by atoms with E-state index in [9.17, 15) is 17.6 Å². The van der Waals surface area contributed by atoms with Gasteiger partial charge in [0.25, 0.3) is 0 Å². The van der Waals surface area contributed by atoms with Crippen LogP contribution in [0.4, 0.5) is 15.8 Å². The molecule has 0 aliphatic carbocycles. The molecule has 0 unspecified atom stereocenters. The number of benzene rings is 3. The minimum atomic E-state index is -3.78. The summed E-state index contributed by atoms with van der Waals surface area (Å²) in [5.41, 5.74) is 0.553. The molecule has 3 aromatic rings. The molecular formula is C21H19FN2O4S. The van der Waals surface area contributed by atoms with Crippen molar-refractivity contribution >= 4 is 27.3 Å². The topological polar surface area (TPSA) is 75.7 Å². The average Bonchev–Trinajstić information content (AvgIpc) is 2.68. The van der Waals surface area contributed by atoms with E-state index >= 15 is 0 Å². The largest absolute Gasteiger partial charge is 0.457 e. The Balaban J connectivity index is 1.67. The first-order valence-corrected chi connectivity index (χ1v) is 10.5. The maximum absolute atomic E-state index is 13.5. The molecule has 29 heavy (non-hydrogen) atoms. The Kier molecular flexibility index (Phi) is 6.13. The van der Waals surface area contributed by atoms with Gasteiger partial charge in [0.15, 0.2) is 0 Å². The molecule has 1 amide bonds. The van der Waals surface area contributed by atoms with E-state index < -0.39 is 28.3 Å². The molecule has 0 aliphatic rings. The summed E-state index contributed by atoms with van der Waals surface area (Å²) < 4.78 is 44.1. The van der Waals surface area contributed by atoms with Crippen molar-refractivity contribution in [2.45, 2.75) is 0 Å². The highest BCUT2D eigenvalue weighted by atomic mass is 32.2. The Morgan fingerprint density at radius 2 is 1.62 bits per heavy atom. The van der Waals surface area contributed by atoms with Gasteiger partial charge >= 0.3 is 0 Å². The number of hydrogen-bond acceptors (Lipinski definition) is 4. The molecule has 0 saturated heterocycles. The summed E-state index contributed by atoms with van der Waals surface area (Å²) in [4.78, 5) is 12.4. The highest BCUT2D eigenvalue weighted by Gasteiger charge is 2.21. The van der Waals surface area contributed by atoms with Crippen LogP contribution in [0.5, 0.6) is 11.5 Å². The summed E-state index contributed by atoms with van der Waals surface area (Å²) in [7, 11) is -3.78. The highest BCUT2D eigenvalue weighted by molar-refractivity contribution is 7.92. The monoisotopic (exact) mass is 414 g/mol. The minimum absolute atomic E-state index is 0.0780. The lowest BCUT2D eigenvalue weighted by molar-refractivity contribution is -0.114. The Bertz CT molecular complexity index is 1090. The standard InChI is InChI=1S/C21H19FN2O4S/c1-29(26,27)24(18-7-5-6-16(22)14-18)15-21(25)23-17-10-12-20(13-11-17)28-19-8-3-2-4-9-19/h2-14H,15H2,1H3,(H,23,25). The fraction of sp³-hybridized carbons (Fsp3) is 0.0952. The van der Waals surface area contributed by atoms with E-state index in [4.69, 9.17) is 4.74 Å². The van der Waals surface area contributed by atoms with E-state index in [2.05, 4.69) is 5.32 Å². The second kappa shape index (κ2) is 8.74. The number of carbonyl (C=O) groups excluding carboxylic acids is 1. The molecule has 8 heteroatoms. The van der Waals surface area contributed by atoms with E-state index in [0.717, 1.165) is 16.6 Å². The van der Waals surface area contributed by atoms with E-state index in [0.29, 0.717) is 17.2 Å². The van der Waals surface area contributed by atoms with Gasteiger partial charge in [-0.25, -0.2) is 12.8 Å². The number of ether oxygens (including phenoxy) is 1. The maximum Gasteiger partial charge on any atom is 0.245 e. The van der Waals surface area contributed by atoms with Gasteiger partial charge in [-0.1, -0.05) is 24.3 Å². The fourth-order valence-corrected chi connectivity index (χ4v) is 3.44. The molecule has 3 rings (SSSR count). The first-order valence-electron chi connectivity index (χ1n) is 8.67. The highest BCUT2D eigenvalue weighted by Crippen LogP contribution is 2.23. The molecule has 0 aliphatic heterocycles. The Hall–Kier alpha value is -3.39. The van der Waals surface area contributed by atoms with Crippen LogP contribution in [0.25, 0.3) is 0 Å². The summed E-state index contributed by atoms with van der Waals surface area (Å²) in [5.74, 6) is 0.122. The Morgan fingerprint density at radius 1 is 0.966 bits per heavy atom. The molecule has 0 aromatic heterocycles. The fourth-order valence-electron chi connectivity index (χ4n) is 2.59. The van der Waals surface area contributed by atoms with Crippen molar-refractivity contribution in [2.75, 3.05) is 22.4 Å². The van der Waals surface area contributed by atoms with Gasteiger partial charge in [-0.15, -0.1) is 0 Å². The predicted octanol–water partition coefficient (Wildman–Crippen LogP) is 4.02. The Labute approximate surface area is 168 Å². The summed E-state index contributed by atoms with van der Waals surface area (Å²) in [6, 6.07) is 21.0. The lowest BCUT2D eigenvalue weighted by atomic mass is 10.3. The van der Waals surface area contributed by atoms with Gasteiger partial charge in [0.05, 0.1) is 11.9 Å². The van der Waals surface area contributed by atoms with Crippen LogP contribution in [0.3, 0.4) is 0 Å². The molecule has 0 bridgehead atoms. The van der Waals surface area contributed by atoms with Crippen molar-refractivity contribution in [2.24, 2.45) is 0 Å². The SMILES string of the molecule is CS(=O)(=O)N(CC(=O)Nc1ccc(Oc2ccccc2)cc1)c1cccc(F)c1. The summed E-state index contributed by atoms with van der Waals surface area (Å²) in [6.45, 7) is -0.482. The van der Waals surface area contributed by atoms with Crippen LogP contribution in [0, 0.1) is 5.82 Å². The van der Waals surface area contributed by atoms with Gasteiger partial charge in [-0.2, -0.15) is 0 Å². The summed E-state index contributed by atoms with van der Waals surface area (Å²) >= 11 is 0. The molecular weight excluding hydrogens is 395 g/mol.